The minimum Gasteiger partial charge on any atom is -0.474 e. The van der Waals surface area contributed by atoms with E-state index in [1.165, 1.54) is 17.2 Å². The van der Waals surface area contributed by atoms with Crippen molar-refractivity contribution in [2.45, 2.75) is 49.0 Å². The molecule has 1 aliphatic carbocycles. The summed E-state index contributed by atoms with van der Waals surface area (Å²) in [7, 11) is 0. The van der Waals surface area contributed by atoms with E-state index in [-0.39, 0.29) is 30.4 Å². The van der Waals surface area contributed by atoms with E-state index in [9.17, 15) is 22.8 Å². The molecule has 1 spiro atoms. The van der Waals surface area contributed by atoms with Gasteiger partial charge in [0.1, 0.15) is 12.2 Å². The largest absolute Gasteiger partial charge is 0.474 e. The minimum atomic E-state index is -4.86. The fraction of sp³-hybridized carbons (Fsp3) is 0.435. The number of hydrogen-bond donors (Lipinski definition) is 2. The Morgan fingerprint density at radius 2 is 1.89 bits per heavy atom. The van der Waals surface area contributed by atoms with Gasteiger partial charge in [-0.25, -0.2) is 9.97 Å². The van der Waals surface area contributed by atoms with E-state index < -0.39 is 34.4 Å². The quantitative estimate of drug-likeness (QED) is 0.470. The molecule has 3 aliphatic rings. The first-order valence-electron chi connectivity index (χ1n) is 11.3. The van der Waals surface area contributed by atoms with Gasteiger partial charge in [0, 0.05) is 12.5 Å². The predicted octanol–water partition coefficient (Wildman–Crippen LogP) is 2.67. The molecular weight excluding hydrogens is 497 g/mol. The summed E-state index contributed by atoms with van der Waals surface area (Å²) >= 11 is 4.53. The molecule has 4 heterocycles. The number of aromatic nitrogens is 2. The summed E-state index contributed by atoms with van der Waals surface area (Å²) in [5.41, 5.74) is -4.62. The van der Waals surface area contributed by atoms with Crippen LogP contribution in [0.25, 0.3) is 0 Å². The van der Waals surface area contributed by atoms with Gasteiger partial charge in [0.15, 0.2) is 22.5 Å². The van der Waals surface area contributed by atoms with Gasteiger partial charge < -0.3 is 15.0 Å². The van der Waals surface area contributed by atoms with Crippen LogP contribution in [0.1, 0.15) is 36.9 Å². The highest BCUT2D eigenvalue weighted by Gasteiger charge is 2.66. The number of pyridine rings is 2. The Labute approximate surface area is 209 Å². The minimum absolute atomic E-state index is 0.0253. The van der Waals surface area contributed by atoms with Crippen LogP contribution in [0.2, 0.25) is 0 Å². The number of ether oxygens (including phenoxy) is 1. The Morgan fingerprint density at radius 3 is 2.44 bits per heavy atom. The number of piperidine rings is 1. The molecule has 3 fully saturated rings. The van der Waals surface area contributed by atoms with Crippen LogP contribution in [0.4, 0.5) is 24.5 Å². The van der Waals surface area contributed by atoms with E-state index in [2.05, 4.69) is 27.9 Å². The lowest BCUT2D eigenvalue weighted by Gasteiger charge is -2.42. The van der Waals surface area contributed by atoms with E-state index in [1.54, 1.807) is 12.1 Å². The monoisotopic (exact) mass is 518 g/mol. The highest BCUT2D eigenvalue weighted by atomic mass is 32.1. The molecule has 2 saturated heterocycles. The Kier molecular flexibility index (Phi) is 6.04. The third-order valence-electron chi connectivity index (χ3n) is 6.76. The second-order valence-electron chi connectivity index (χ2n) is 8.80. The Hall–Kier alpha value is -3.37. The summed E-state index contributed by atoms with van der Waals surface area (Å²) in [4.78, 5) is 36.8. The van der Waals surface area contributed by atoms with Crippen molar-refractivity contribution in [3.8, 4) is 11.9 Å². The van der Waals surface area contributed by atoms with Crippen LogP contribution in [0.15, 0.2) is 30.6 Å². The van der Waals surface area contributed by atoms with Crippen molar-refractivity contribution in [3.05, 3.63) is 41.9 Å². The summed E-state index contributed by atoms with van der Waals surface area (Å²) in [6.07, 6.45) is -0.354. The van der Waals surface area contributed by atoms with Crippen LogP contribution in [0.3, 0.4) is 0 Å². The van der Waals surface area contributed by atoms with E-state index in [1.807, 2.05) is 0 Å². The average Bonchev–Trinajstić information content (AvgIpc) is 3.11. The van der Waals surface area contributed by atoms with Crippen molar-refractivity contribution >= 4 is 35.7 Å². The molecule has 2 aromatic heterocycles. The van der Waals surface area contributed by atoms with Crippen LogP contribution in [0.5, 0.6) is 5.88 Å². The van der Waals surface area contributed by atoms with E-state index >= 15 is 0 Å². The molecular formula is C23H21F3N6O3S. The number of amides is 1. The van der Waals surface area contributed by atoms with E-state index in [0.29, 0.717) is 17.6 Å². The van der Waals surface area contributed by atoms with Crippen LogP contribution >= 0.6 is 12.6 Å². The van der Waals surface area contributed by atoms with Gasteiger partial charge in [-0.3, -0.25) is 14.5 Å². The fourth-order valence-electron chi connectivity index (χ4n) is 4.83. The number of nitrogens with one attached hydrogen (secondary N) is 1. The van der Waals surface area contributed by atoms with Gasteiger partial charge in [0.2, 0.25) is 5.88 Å². The molecule has 2 aromatic rings. The summed E-state index contributed by atoms with van der Waals surface area (Å²) in [6, 6.07) is 5.38. The number of hydrogen-bond acceptors (Lipinski definition) is 9. The second-order valence-corrected chi connectivity index (χ2v) is 9.26. The number of carbonyl (C=O) groups excluding carboxylic acids is 2. The maximum Gasteiger partial charge on any atom is 0.419 e. The first-order chi connectivity index (χ1) is 17.2. The Morgan fingerprint density at radius 1 is 1.17 bits per heavy atom. The van der Waals surface area contributed by atoms with Crippen molar-refractivity contribution in [1.29, 1.82) is 5.26 Å². The van der Waals surface area contributed by atoms with Crippen molar-refractivity contribution in [3.63, 3.8) is 0 Å². The summed E-state index contributed by atoms with van der Waals surface area (Å²) in [5.74, 6) is -0.668. The molecule has 13 heteroatoms. The number of rotatable bonds is 4. The SMILES string of the molecule is N#Cc1ncc(N2C(=O)C3(CCC3=O)N(c3ccc(OC4CCNCC4)nc3)C2S)cc1C(F)(F)F. The zero-order chi connectivity index (χ0) is 25.7. The number of thiol groups is 1. The lowest BCUT2D eigenvalue weighted by Crippen LogP contribution is -2.63. The van der Waals surface area contributed by atoms with E-state index in [0.717, 1.165) is 37.0 Å². The molecule has 36 heavy (non-hydrogen) atoms. The highest BCUT2D eigenvalue weighted by Crippen LogP contribution is 2.48. The summed E-state index contributed by atoms with van der Waals surface area (Å²) in [6.45, 7) is 1.70. The maximum absolute atomic E-state index is 13.5. The zero-order valence-corrected chi connectivity index (χ0v) is 19.7. The Bertz CT molecular complexity index is 1250. The molecule has 2 aliphatic heterocycles. The summed E-state index contributed by atoms with van der Waals surface area (Å²) in [5, 5.41) is 12.3. The number of ketones is 1. The van der Waals surface area contributed by atoms with Crippen molar-refractivity contribution in [2.75, 3.05) is 22.9 Å². The molecule has 1 N–H and O–H groups in total. The summed E-state index contributed by atoms with van der Waals surface area (Å²) < 4.78 is 46.5. The van der Waals surface area contributed by atoms with Gasteiger partial charge in [-0.15, -0.1) is 12.6 Å². The van der Waals surface area contributed by atoms with E-state index in [4.69, 9.17) is 10.00 Å². The van der Waals surface area contributed by atoms with Gasteiger partial charge >= 0.3 is 6.18 Å². The lowest BCUT2D eigenvalue weighted by atomic mass is 9.74. The third-order valence-corrected chi connectivity index (χ3v) is 7.22. The second kappa shape index (κ2) is 8.94. The van der Waals surface area contributed by atoms with Gasteiger partial charge in [-0.05, 0) is 44.5 Å². The normalized spacial score (nSPS) is 24.7. The van der Waals surface area contributed by atoms with Gasteiger partial charge in [-0.1, -0.05) is 0 Å². The number of halogens is 3. The molecule has 9 nitrogen and oxygen atoms in total. The number of anilines is 2. The van der Waals surface area contributed by atoms with Crippen LogP contribution in [0, 0.1) is 11.3 Å². The van der Waals surface area contributed by atoms with Gasteiger partial charge in [0.05, 0.1) is 29.3 Å². The molecule has 188 valence electrons. The van der Waals surface area contributed by atoms with Gasteiger partial charge in [0.25, 0.3) is 5.91 Å². The number of Topliss-reactive ketones (excluding diaryl/α,β-unsaturated/α-hetero) is 1. The highest BCUT2D eigenvalue weighted by molar-refractivity contribution is 7.81. The average molecular weight is 519 g/mol. The third kappa shape index (κ3) is 3.84. The van der Waals surface area contributed by atoms with Crippen LogP contribution in [-0.2, 0) is 15.8 Å². The van der Waals surface area contributed by atoms with Crippen LogP contribution in [-0.4, -0.2) is 51.9 Å². The molecule has 0 aromatic carbocycles. The number of nitriles is 1. The molecule has 2 unspecified atom stereocenters. The van der Waals surface area contributed by atoms with Crippen molar-refractivity contribution in [2.24, 2.45) is 0 Å². The maximum atomic E-state index is 13.5. The molecule has 1 amide bonds. The number of nitrogens with zero attached hydrogens (tertiary/aromatic N) is 5. The zero-order valence-electron chi connectivity index (χ0n) is 18.8. The first-order valence-corrected chi connectivity index (χ1v) is 11.8. The molecule has 5 rings (SSSR count). The number of alkyl halides is 3. The molecule has 2 atom stereocenters. The molecule has 0 bridgehead atoms. The van der Waals surface area contributed by atoms with Gasteiger partial charge in [-0.2, -0.15) is 18.4 Å². The lowest BCUT2D eigenvalue weighted by molar-refractivity contribution is -0.140. The topological polar surface area (TPSA) is 111 Å². The van der Waals surface area contributed by atoms with Crippen molar-refractivity contribution in [1.82, 2.24) is 15.3 Å². The number of carbonyl (C=O) groups is 2. The van der Waals surface area contributed by atoms with Crippen LogP contribution < -0.4 is 19.9 Å². The molecule has 0 radical (unpaired) electrons. The van der Waals surface area contributed by atoms with Crippen molar-refractivity contribution < 1.29 is 27.5 Å². The Balaban J connectivity index is 1.49. The molecule has 1 saturated carbocycles. The predicted molar refractivity (Wildman–Crippen MR) is 124 cm³/mol. The fourth-order valence-corrected chi connectivity index (χ4v) is 5.40. The smallest absolute Gasteiger partial charge is 0.419 e. The standard InChI is InChI=1S/C23H21F3N6O3S/c24-23(25,26)16-9-14(12-29-17(16)10-27)31-20(34)22(6-3-18(22)33)32(21(31)36)13-1-2-19(30-11-13)35-15-4-7-28-8-5-15/h1-2,9,11-12,15,21,28,36H,3-8H2. The first kappa shape index (κ1) is 24.3.